The molecule has 1 aliphatic heterocycles. The van der Waals surface area contributed by atoms with Gasteiger partial charge >= 0.3 is 0 Å². The Morgan fingerprint density at radius 3 is 2.79 bits per heavy atom. The SMILES string of the molecule is Cc1cc(-c2cc3ncn(C)c3c(O[C@H](C)[C@@H]3CCNC3)n2)ccc1N(C)C. The summed E-state index contributed by atoms with van der Waals surface area (Å²) < 4.78 is 8.37. The molecular weight excluding hydrogens is 350 g/mol. The molecule has 2 atom stereocenters. The highest BCUT2D eigenvalue weighted by molar-refractivity contribution is 5.85. The third-order valence-electron chi connectivity index (χ3n) is 5.70. The van der Waals surface area contributed by atoms with Crippen LogP contribution in [0.15, 0.2) is 30.6 Å². The Labute approximate surface area is 166 Å². The molecule has 148 valence electrons. The normalized spacial score (nSPS) is 17.8. The topological polar surface area (TPSA) is 55.2 Å². The van der Waals surface area contributed by atoms with Crippen molar-refractivity contribution in [3.8, 4) is 17.1 Å². The second-order valence-corrected chi connectivity index (χ2v) is 8.01. The molecule has 1 aliphatic rings. The predicted molar refractivity (Wildman–Crippen MR) is 114 cm³/mol. The van der Waals surface area contributed by atoms with E-state index in [0.717, 1.165) is 41.8 Å². The molecule has 1 saturated heterocycles. The summed E-state index contributed by atoms with van der Waals surface area (Å²) in [5.41, 5.74) is 6.26. The number of hydrogen-bond acceptors (Lipinski definition) is 5. The standard InChI is InChI=1S/C22H29N5O/c1-14-10-16(6-7-20(14)26(3)4)18-11-19-21(27(5)13-24-19)22(25-18)28-15(2)17-8-9-23-12-17/h6-7,10-11,13,15,17,23H,8-9,12H2,1-5H3/t15-,17-/m1/s1. The zero-order chi connectivity index (χ0) is 19.8. The molecule has 1 fully saturated rings. The number of aryl methyl sites for hydroxylation is 2. The van der Waals surface area contributed by atoms with E-state index in [1.165, 1.54) is 11.3 Å². The summed E-state index contributed by atoms with van der Waals surface area (Å²) in [6.45, 7) is 6.33. The van der Waals surface area contributed by atoms with Gasteiger partial charge in [-0.25, -0.2) is 9.97 Å². The minimum Gasteiger partial charge on any atom is -0.473 e. The highest BCUT2D eigenvalue weighted by Gasteiger charge is 2.24. The van der Waals surface area contributed by atoms with Gasteiger partial charge in [0.2, 0.25) is 5.88 Å². The fourth-order valence-corrected chi connectivity index (χ4v) is 4.04. The van der Waals surface area contributed by atoms with Gasteiger partial charge in [0, 0.05) is 44.9 Å². The monoisotopic (exact) mass is 379 g/mol. The molecule has 2 aromatic heterocycles. The lowest BCUT2D eigenvalue weighted by Gasteiger charge is -2.21. The Morgan fingerprint density at radius 2 is 2.11 bits per heavy atom. The van der Waals surface area contributed by atoms with Crippen molar-refractivity contribution in [2.75, 3.05) is 32.1 Å². The molecule has 0 aliphatic carbocycles. The summed E-state index contributed by atoms with van der Waals surface area (Å²) in [4.78, 5) is 11.6. The van der Waals surface area contributed by atoms with Crippen LogP contribution in [0.5, 0.6) is 5.88 Å². The van der Waals surface area contributed by atoms with Crippen molar-refractivity contribution in [3.05, 3.63) is 36.2 Å². The molecular formula is C22H29N5O. The molecule has 6 heteroatoms. The Kier molecular flexibility index (Phi) is 4.98. The lowest BCUT2D eigenvalue weighted by molar-refractivity contribution is 0.156. The van der Waals surface area contributed by atoms with Crippen molar-refractivity contribution in [1.29, 1.82) is 0 Å². The number of pyridine rings is 1. The summed E-state index contributed by atoms with van der Waals surface area (Å²) in [5, 5.41) is 3.42. The van der Waals surface area contributed by atoms with Gasteiger partial charge in [-0.2, -0.15) is 0 Å². The first-order chi connectivity index (χ1) is 13.4. The largest absolute Gasteiger partial charge is 0.473 e. The highest BCUT2D eigenvalue weighted by atomic mass is 16.5. The molecule has 0 spiro atoms. The number of ether oxygens (including phenoxy) is 1. The molecule has 0 bridgehead atoms. The molecule has 0 saturated carbocycles. The maximum absolute atomic E-state index is 6.38. The van der Waals surface area contributed by atoms with Crippen LogP contribution in [0, 0.1) is 12.8 Å². The average Bonchev–Trinajstić information content (AvgIpc) is 3.31. The molecule has 4 rings (SSSR count). The van der Waals surface area contributed by atoms with Crippen LogP contribution < -0.4 is 15.0 Å². The summed E-state index contributed by atoms with van der Waals surface area (Å²) in [7, 11) is 6.11. The van der Waals surface area contributed by atoms with Gasteiger partial charge < -0.3 is 19.5 Å². The first-order valence-corrected chi connectivity index (χ1v) is 9.92. The van der Waals surface area contributed by atoms with E-state index in [2.05, 4.69) is 61.3 Å². The molecule has 0 radical (unpaired) electrons. The minimum absolute atomic E-state index is 0.105. The lowest BCUT2D eigenvalue weighted by atomic mass is 10.0. The Bertz CT molecular complexity index is 988. The lowest BCUT2D eigenvalue weighted by Crippen LogP contribution is -2.26. The molecule has 1 N–H and O–H groups in total. The maximum Gasteiger partial charge on any atom is 0.241 e. The van der Waals surface area contributed by atoms with Crippen LogP contribution in [0.25, 0.3) is 22.3 Å². The third kappa shape index (κ3) is 3.44. The second kappa shape index (κ2) is 7.43. The number of fused-ring (bicyclic) bond motifs is 1. The number of nitrogens with one attached hydrogen (secondary N) is 1. The minimum atomic E-state index is 0.105. The van der Waals surface area contributed by atoms with Crippen molar-refractivity contribution in [1.82, 2.24) is 19.9 Å². The predicted octanol–water partition coefficient (Wildman–Crippen LogP) is 3.39. The zero-order valence-corrected chi connectivity index (χ0v) is 17.4. The average molecular weight is 380 g/mol. The van der Waals surface area contributed by atoms with Crippen LogP contribution in [0.4, 0.5) is 5.69 Å². The van der Waals surface area contributed by atoms with Crippen LogP contribution in [-0.2, 0) is 7.05 Å². The molecule has 3 aromatic rings. The smallest absolute Gasteiger partial charge is 0.241 e. The van der Waals surface area contributed by atoms with Crippen LogP contribution >= 0.6 is 0 Å². The van der Waals surface area contributed by atoms with Crippen molar-refractivity contribution in [3.63, 3.8) is 0 Å². The van der Waals surface area contributed by atoms with Gasteiger partial charge in [-0.15, -0.1) is 0 Å². The fraction of sp³-hybridized carbons (Fsp3) is 0.455. The van der Waals surface area contributed by atoms with E-state index in [0.29, 0.717) is 11.8 Å². The van der Waals surface area contributed by atoms with Gasteiger partial charge in [-0.1, -0.05) is 6.07 Å². The van der Waals surface area contributed by atoms with E-state index < -0.39 is 0 Å². The van der Waals surface area contributed by atoms with Gasteiger partial charge in [0.1, 0.15) is 11.6 Å². The summed E-state index contributed by atoms with van der Waals surface area (Å²) in [6.07, 6.45) is 3.07. The van der Waals surface area contributed by atoms with Crippen LogP contribution in [0.1, 0.15) is 18.9 Å². The number of imidazole rings is 1. The van der Waals surface area contributed by atoms with Crippen LogP contribution in [0.3, 0.4) is 0 Å². The quantitative estimate of drug-likeness (QED) is 0.736. The number of rotatable bonds is 5. The van der Waals surface area contributed by atoms with Crippen molar-refractivity contribution in [2.24, 2.45) is 13.0 Å². The van der Waals surface area contributed by atoms with Crippen LogP contribution in [0.2, 0.25) is 0 Å². The number of nitrogens with zero attached hydrogens (tertiary/aromatic N) is 4. The van der Waals surface area contributed by atoms with E-state index in [-0.39, 0.29) is 6.10 Å². The molecule has 6 nitrogen and oxygen atoms in total. The molecule has 28 heavy (non-hydrogen) atoms. The Hall–Kier alpha value is -2.60. The highest BCUT2D eigenvalue weighted by Crippen LogP contribution is 2.32. The fourth-order valence-electron chi connectivity index (χ4n) is 4.04. The van der Waals surface area contributed by atoms with Gasteiger partial charge in [-0.05, 0) is 50.6 Å². The number of aromatic nitrogens is 3. The van der Waals surface area contributed by atoms with Crippen molar-refractivity contribution in [2.45, 2.75) is 26.4 Å². The van der Waals surface area contributed by atoms with E-state index in [4.69, 9.17) is 9.72 Å². The maximum atomic E-state index is 6.38. The second-order valence-electron chi connectivity index (χ2n) is 8.01. The van der Waals surface area contributed by atoms with E-state index in [1.807, 2.05) is 24.0 Å². The summed E-state index contributed by atoms with van der Waals surface area (Å²) in [6, 6.07) is 8.49. The van der Waals surface area contributed by atoms with Crippen molar-refractivity contribution < 1.29 is 4.74 Å². The zero-order valence-electron chi connectivity index (χ0n) is 17.4. The number of hydrogen-bond donors (Lipinski definition) is 1. The van der Waals surface area contributed by atoms with Gasteiger partial charge in [-0.3, -0.25) is 0 Å². The molecule has 0 amide bonds. The van der Waals surface area contributed by atoms with E-state index in [9.17, 15) is 0 Å². The number of anilines is 1. The number of benzene rings is 1. The Morgan fingerprint density at radius 1 is 1.29 bits per heavy atom. The summed E-state index contributed by atoms with van der Waals surface area (Å²) in [5.74, 6) is 1.18. The third-order valence-corrected chi connectivity index (χ3v) is 5.70. The molecule has 3 heterocycles. The molecule has 1 aromatic carbocycles. The Balaban J connectivity index is 1.75. The summed E-state index contributed by atoms with van der Waals surface area (Å²) >= 11 is 0. The molecule has 0 unspecified atom stereocenters. The van der Waals surface area contributed by atoms with Gasteiger partial charge in [0.25, 0.3) is 0 Å². The van der Waals surface area contributed by atoms with Crippen molar-refractivity contribution >= 4 is 16.7 Å². The van der Waals surface area contributed by atoms with Gasteiger partial charge in [0.05, 0.1) is 17.5 Å². The van der Waals surface area contributed by atoms with E-state index >= 15 is 0 Å². The first kappa shape index (κ1) is 18.7. The van der Waals surface area contributed by atoms with Gasteiger partial charge in [0.15, 0.2) is 0 Å². The first-order valence-electron chi connectivity index (χ1n) is 9.92. The van der Waals surface area contributed by atoms with Crippen LogP contribution in [-0.4, -0.2) is 47.8 Å². The van der Waals surface area contributed by atoms with E-state index in [1.54, 1.807) is 0 Å².